The van der Waals surface area contributed by atoms with Crippen LogP contribution >= 0.6 is 12.4 Å². The van der Waals surface area contributed by atoms with Crippen molar-refractivity contribution in [2.75, 3.05) is 13.7 Å². The number of rotatable bonds is 3. The van der Waals surface area contributed by atoms with E-state index in [2.05, 4.69) is 5.32 Å². The molecule has 0 unspecified atom stereocenters. The Hall–Kier alpha value is -1.95. The van der Waals surface area contributed by atoms with Crippen LogP contribution in [-0.2, 0) is 9.53 Å². The molecule has 0 radical (unpaired) electrons. The van der Waals surface area contributed by atoms with Crippen LogP contribution in [-0.4, -0.2) is 25.8 Å². The average Bonchev–Trinajstić information content (AvgIpc) is 2.75. The van der Waals surface area contributed by atoms with E-state index < -0.39 is 12.1 Å². The predicted molar refractivity (Wildman–Crippen MR) is 68.8 cm³/mol. The maximum absolute atomic E-state index is 11.0. The molecular weight excluding hydrogens is 274 g/mol. The Morgan fingerprint density at radius 1 is 1.42 bits per heavy atom. The van der Waals surface area contributed by atoms with Crippen molar-refractivity contribution in [3.05, 3.63) is 23.8 Å². The molecule has 0 spiro atoms. The fraction of sp³-hybridized carbons (Fsp3) is 0.333. The normalized spacial score (nSPS) is 16.9. The van der Waals surface area contributed by atoms with Crippen LogP contribution in [0.15, 0.2) is 18.2 Å². The number of carbonyl (C=O) groups excluding carboxylic acids is 2. The number of alkyl carbamates (subject to hydrolysis) is 1. The lowest BCUT2D eigenvalue weighted by molar-refractivity contribution is -0.132. The summed E-state index contributed by atoms with van der Waals surface area (Å²) in [7, 11) is 1.48. The van der Waals surface area contributed by atoms with Gasteiger partial charge in [-0.25, -0.2) is 4.79 Å². The van der Waals surface area contributed by atoms with Crippen LogP contribution in [0.4, 0.5) is 4.79 Å². The molecule has 1 heterocycles. The Balaban J connectivity index is 0.00000180. The minimum Gasteiger partial charge on any atom is -0.493 e. The minimum absolute atomic E-state index is 0. The molecule has 1 fully saturated rings. The molecule has 1 aliphatic rings. The van der Waals surface area contributed by atoms with Gasteiger partial charge < -0.3 is 19.5 Å². The number of halogens is 1. The minimum atomic E-state index is -0.442. The fourth-order valence-electron chi connectivity index (χ4n) is 1.70. The highest BCUT2D eigenvalue weighted by Crippen LogP contribution is 2.31. The molecule has 7 heteroatoms. The number of hydrogen-bond donors (Lipinski definition) is 1. The van der Waals surface area contributed by atoms with Gasteiger partial charge in [-0.2, -0.15) is 0 Å². The molecule has 2 rings (SSSR count). The molecule has 19 heavy (non-hydrogen) atoms. The molecule has 1 amide bonds. The first-order chi connectivity index (χ1) is 8.60. The molecule has 1 aliphatic heterocycles. The highest BCUT2D eigenvalue weighted by atomic mass is 35.5. The first-order valence-electron chi connectivity index (χ1n) is 5.40. The van der Waals surface area contributed by atoms with Gasteiger partial charge in [0.2, 0.25) is 0 Å². The number of nitrogens with one attached hydrogen (secondary N) is 1. The van der Waals surface area contributed by atoms with Gasteiger partial charge in [-0.05, 0) is 17.7 Å². The first-order valence-corrected chi connectivity index (χ1v) is 5.40. The van der Waals surface area contributed by atoms with Gasteiger partial charge >= 0.3 is 12.1 Å². The van der Waals surface area contributed by atoms with Crippen molar-refractivity contribution >= 4 is 24.5 Å². The molecule has 1 atom stereocenters. The van der Waals surface area contributed by atoms with Crippen molar-refractivity contribution in [3.8, 4) is 11.5 Å². The van der Waals surface area contributed by atoms with Gasteiger partial charge in [0.05, 0.1) is 13.2 Å². The van der Waals surface area contributed by atoms with E-state index in [1.807, 2.05) is 0 Å². The van der Waals surface area contributed by atoms with Gasteiger partial charge in [0.25, 0.3) is 0 Å². The second-order valence-corrected chi connectivity index (χ2v) is 3.80. The zero-order valence-electron chi connectivity index (χ0n) is 10.5. The molecule has 1 N–H and O–H groups in total. The van der Waals surface area contributed by atoms with Crippen molar-refractivity contribution in [3.63, 3.8) is 0 Å². The van der Waals surface area contributed by atoms with Crippen LogP contribution in [0.25, 0.3) is 0 Å². The summed E-state index contributed by atoms with van der Waals surface area (Å²) in [6, 6.07) is 4.87. The number of hydrogen-bond acceptors (Lipinski definition) is 5. The zero-order valence-corrected chi connectivity index (χ0v) is 11.3. The number of esters is 1. The Kier molecular flexibility index (Phi) is 5.00. The van der Waals surface area contributed by atoms with Crippen LogP contribution in [0.3, 0.4) is 0 Å². The molecule has 0 saturated carbocycles. The molecule has 1 saturated heterocycles. The number of cyclic esters (lactones) is 1. The molecule has 0 aliphatic carbocycles. The Labute approximate surface area is 116 Å². The van der Waals surface area contributed by atoms with Crippen LogP contribution in [0.5, 0.6) is 11.5 Å². The van der Waals surface area contributed by atoms with Crippen LogP contribution in [0.2, 0.25) is 0 Å². The smallest absolute Gasteiger partial charge is 0.407 e. The Bertz CT molecular complexity index is 491. The van der Waals surface area contributed by atoms with Gasteiger partial charge in [-0.3, -0.25) is 4.79 Å². The third kappa shape index (κ3) is 3.51. The van der Waals surface area contributed by atoms with E-state index in [0.717, 1.165) is 5.56 Å². The van der Waals surface area contributed by atoms with Gasteiger partial charge in [0.1, 0.15) is 6.61 Å². The standard InChI is InChI=1S/C12H13NO5.ClH/c1-7(14)18-10-4-3-8(5-11(10)16-2)9-6-17-12(15)13-9;/h3-5,9H,6H2,1-2H3,(H,13,15);1H/t9-;/m0./s1. The van der Waals surface area contributed by atoms with Crippen LogP contribution < -0.4 is 14.8 Å². The second kappa shape index (κ2) is 6.29. The van der Waals surface area contributed by atoms with Gasteiger partial charge in [-0.1, -0.05) is 6.07 Å². The predicted octanol–water partition coefficient (Wildman–Crippen LogP) is 1.82. The van der Waals surface area contributed by atoms with Crippen LogP contribution in [0, 0.1) is 0 Å². The maximum Gasteiger partial charge on any atom is 0.407 e. The third-order valence-corrected chi connectivity index (χ3v) is 2.52. The van der Waals surface area contributed by atoms with E-state index in [1.54, 1.807) is 18.2 Å². The SMILES string of the molecule is COc1cc([C@@H]2COC(=O)N2)ccc1OC(C)=O.Cl. The third-order valence-electron chi connectivity index (χ3n) is 2.52. The molecule has 6 nitrogen and oxygen atoms in total. The van der Waals surface area contributed by atoms with Gasteiger partial charge in [0, 0.05) is 6.92 Å². The largest absolute Gasteiger partial charge is 0.493 e. The van der Waals surface area contributed by atoms with E-state index >= 15 is 0 Å². The quantitative estimate of drug-likeness (QED) is 0.678. The molecule has 1 aromatic carbocycles. The van der Waals surface area contributed by atoms with Crippen molar-refractivity contribution in [1.29, 1.82) is 0 Å². The van der Waals surface area contributed by atoms with Gasteiger partial charge in [-0.15, -0.1) is 12.4 Å². The van der Waals surface area contributed by atoms with Crippen LogP contribution in [0.1, 0.15) is 18.5 Å². The summed E-state index contributed by atoms with van der Waals surface area (Å²) in [5.74, 6) is 0.362. The number of amides is 1. The zero-order chi connectivity index (χ0) is 13.1. The lowest BCUT2D eigenvalue weighted by Gasteiger charge is -2.12. The first kappa shape index (κ1) is 15.1. The monoisotopic (exact) mass is 287 g/mol. The van der Waals surface area contributed by atoms with Gasteiger partial charge in [0.15, 0.2) is 11.5 Å². The van der Waals surface area contributed by atoms with Crippen molar-refractivity contribution < 1.29 is 23.8 Å². The topological polar surface area (TPSA) is 73.9 Å². The lowest BCUT2D eigenvalue weighted by Crippen LogP contribution is -2.18. The summed E-state index contributed by atoms with van der Waals surface area (Å²) in [6.07, 6.45) is -0.442. The number of carbonyl (C=O) groups is 2. The number of benzene rings is 1. The molecule has 104 valence electrons. The highest BCUT2D eigenvalue weighted by Gasteiger charge is 2.24. The number of methoxy groups -OCH3 is 1. The highest BCUT2D eigenvalue weighted by molar-refractivity contribution is 5.85. The summed E-state index contributed by atoms with van der Waals surface area (Å²) in [5.41, 5.74) is 0.827. The Morgan fingerprint density at radius 2 is 2.16 bits per heavy atom. The van der Waals surface area contributed by atoms with E-state index in [1.165, 1.54) is 14.0 Å². The van der Waals surface area contributed by atoms with Crippen molar-refractivity contribution in [2.45, 2.75) is 13.0 Å². The fourth-order valence-corrected chi connectivity index (χ4v) is 1.70. The van der Waals surface area contributed by atoms with E-state index in [4.69, 9.17) is 14.2 Å². The maximum atomic E-state index is 11.0. The summed E-state index contributed by atoms with van der Waals surface area (Å²) in [5, 5.41) is 2.66. The lowest BCUT2D eigenvalue weighted by atomic mass is 10.1. The summed E-state index contributed by atoms with van der Waals surface area (Å²) in [4.78, 5) is 21.9. The Morgan fingerprint density at radius 3 is 2.68 bits per heavy atom. The summed E-state index contributed by atoms with van der Waals surface area (Å²) >= 11 is 0. The summed E-state index contributed by atoms with van der Waals surface area (Å²) < 4.78 is 14.9. The van der Waals surface area contributed by atoms with Crippen molar-refractivity contribution in [2.24, 2.45) is 0 Å². The van der Waals surface area contributed by atoms with E-state index in [9.17, 15) is 9.59 Å². The second-order valence-electron chi connectivity index (χ2n) is 3.80. The van der Waals surface area contributed by atoms with Crippen molar-refractivity contribution in [1.82, 2.24) is 5.32 Å². The molecular formula is C12H14ClNO5. The number of ether oxygens (including phenoxy) is 3. The molecule has 0 bridgehead atoms. The molecule has 1 aromatic rings. The van der Waals surface area contributed by atoms with E-state index in [0.29, 0.717) is 11.5 Å². The average molecular weight is 288 g/mol. The van der Waals surface area contributed by atoms with E-state index in [-0.39, 0.29) is 25.1 Å². The summed E-state index contributed by atoms with van der Waals surface area (Å²) in [6.45, 7) is 1.59. The molecule has 0 aromatic heterocycles.